The number of benzene rings is 2. The maximum Gasteiger partial charge on any atom is 0.252 e. The third-order valence-electron chi connectivity index (χ3n) is 3.27. The molecular weight excluding hydrogens is 344 g/mol. The van der Waals surface area contributed by atoms with Gasteiger partial charge in [-0.1, -0.05) is 30.3 Å². The number of hydrogen-bond acceptors (Lipinski definition) is 2. The van der Waals surface area contributed by atoms with Crippen LogP contribution in [0.1, 0.15) is 21.5 Å². The number of carbonyl (C=O) groups is 2. The normalized spacial score (nSPS) is 10.1. The van der Waals surface area contributed by atoms with Gasteiger partial charge in [-0.2, -0.15) is 0 Å². The van der Waals surface area contributed by atoms with Crippen molar-refractivity contribution < 1.29 is 9.59 Å². The Labute approximate surface area is 138 Å². The molecule has 22 heavy (non-hydrogen) atoms. The molecule has 0 aliphatic carbocycles. The maximum absolute atomic E-state index is 12.0. The zero-order valence-electron chi connectivity index (χ0n) is 12.4. The predicted octanol–water partition coefficient (Wildman–Crippen LogP) is 3.43. The summed E-state index contributed by atoms with van der Waals surface area (Å²) in [5.41, 5.74) is 3.28. The molecule has 0 fully saturated rings. The number of nitrogens with one attached hydrogen (secondary N) is 2. The minimum Gasteiger partial charge on any atom is -0.343 e. The van der Waals surface area contributed by atoms with E-state index < -0.39 is 0 Å². The Bertz CT molecular complexity index is 693. The average molecular weight is 361 g/mol. The number of para-hydroxylation sites is 1. The van der Waals surface area contributed by atoms with E-state index in [2.05, 4.69) is 26.6 Å². The number of anilines is 1. The van der Waals surface area contributed by atoms with Gasteiger partial charge in [0.2, 0.25) is 5.91 Å². The van der Waals surface area contributed by atoms with Crippen molar-refractivity contribution in [3.63, 3.8) is 0 Å². The molecule has 0 saturated heterocycles. The van der Waals surface area contributed by atoms with Crippen molar-refractivity contribution in [2.24, 2.45) is 0 Å². The summed E-state index contributed by atoms with van der Waals surface area (Å²) in [6.45, 7) is 3.79. The van der Waals surface area contributed by atoms with E-state index in [-0.39, 0.29) is 18.4 Å². The Balaban J connectivity index is 1.96. The molecule has 0 saturated carbocycles. The van der Waals surface area contributed by atoms with Gasteiger partial charge in [-0.3, -0.25) is 9.59 Å². The van der Waals surface area contributed by atoms with E-state index in [1.54, 1.807) is 18.2 Å². The second-order valence-corrected chi connectivity index (χ2v) is 5.83. The fourth-order valence-electron chi connectivity index (χ4n) is 2.10. The standard InChI is InChI=1S/C17H17BrN2O2/c1-11-6-5-7-12(2)16(11)20-15(21)10-19-17(22)13-8-3-4-9-14(13)18/h3-9H,10H2,1-2H3,(H,19,22)(H,20,21). The Hall–Kier alpha value is -2.14. The maximum atomic E-state index is 12.0. The molecule has 2 amide bonds. The van der Waals surface area contributed by atoms with Crippen LogP contribution in [-0.4, -0.2) is 18.4 Å². The quantitative estimate of drug-likeness (QED) is 0.877. The average Bonchev–Trinajstić information content (AvgIpc) is 2.49. The molecule has 0 atom stereocenters. The van der Waals surface area contributed by atoms with Crippen molar-refractivity contribution in [3.05, 3.63) is 63.6 Å². The summed E-state index contributed by atoms with van der Waals surface area (Å²) in [5, 5.41) is 5.45. The summed E-state index contributed by atoms with van der Waals surface area (Å²) in [6, 6.07) is 12.9. The highest BCUT2D eigenvalue weighted by molar-refractivity contribution is 9.10. The smallest absolute Gasteiger partial charge is 0.252 e. The van der Waals surface area contributed by atoms with E-state index >= 15 is 0 Å². The van der Waals surface area contributed by atoms with Crippen LogP contribution in [0.25, 0.3) is 0 Å². The second-order valence-electron chi connectivity index (χ2n) is 4.98. The molecule has 2 rings (SSSR count). The number of halogens is 1. The number of carbonyl (C=O) groups excluding carboxylic acids is 2. The van der Waals surface area contributed by atoms with Crippen LogP contribution in [0.3, 0.4) is 0 Å². The molecule has 0 radical (unpaired) electrons. The van der Waals surface area contributed by atoms with Crippen LogP contribution < -0.4 is 10.6 Å². The van der Waals surface area contributed by atoms with Crippen LogP contribution in [0.5, 0.6) is 0 Å². The van der Waals surface area contributed by atoms with Crippen LogP contribution in [0.2, 0.25) is 0 Å². The van der Waals surface area contributed by atoms with Gasteiger partial charge in [0.25, 0.3) is 5.91 Å². The number of hydrogen-bond donors (Lipinski definition) is 2. The monoisotopic (exact) mass is 360 g/mol. The summed E-state index contributed by atoms with van der Waals surface area (Å²) >= 11 is 3.32. The molecule has 0 heterocycles. The van der Waals surface area contributed by atoms with Crippen molar-refractivity contribution >= 4 is 33.4 Å². The van der Waals surface area contributed by atoms with E-state index in [9.17, 15) is 9.59 Å². The van der Waals surface area contributed by atoms with E-state index in [1.807, 2.05) is 38.1 Å². The van der Waals surface area contributed by atoms with Crippen LogP contribution in [0.15, 0.2) is 46.9 Å². The number of aryl methyl sites for hydroxylation is 2. The zero-order valence-corrected chi connectivity index (χ0v) is 14.0. The van der Waals surface area contributed by atoms with Crippen molar-refractivity contribution in [1.82, 2.24) is 5.32 Å². The largest absolute Gasteiger partial charge is 0.343 e. The van der Waals surface area contributed by atoms with Gasteiger partial charge in [-0.05, 0) is 53.0 Å². The van der Waals surface area contributed by atoms with Crippen molar-refractivity contribution in [1.29, 1.82) is 0 Å². The lowest BCUT2D eigenvalue weighted by Gasteiger charge is -2.12. The Morgan fingerprint density at radius 3 is 2.27 bits per heavy atom. The second kappa shape index (κ2) is 7.22. The third-order valence-corrected chi connectivity index (χ3v) is 3.97. The first kappa shape index (κ1) is 16.2. The highest BCUT2D eigenvalue weighted by Gasteiger charge is 2.12. The van der Waals surface area contributed by atoms with Gasteiger partial charge in [0.05, 0.1) is 12.1 Å². The molecule has 114 valence electrons. The van der Waals surface area contributed by atoms with Crippen LogP contribution in [0, 0.1) is 13.8 Å². The third kappa shape index (κ3) is 3.95. The molecule has 0 aromatic heterocycles. The van der Waals surface area contributed by atoms with Crippen LogP contribution >= 0.6 is 15.9 Å². The van der Waals surface area contributed by atoms with Crippen LogP contribution in [0.4, 0.5) is 5.69 Å². The molecule has 0 bridgehead atoms. The highest BCUT2D eigenvalue weighted by Crippen LogP contribution is 2.19. The van der Waals surface area contributed by atoms with Crippen molar-refractivity contribution in [2.75, 3.05) is 11.9 Å². The number of rotatable bonds is 4. The fraction of sp³-hybridized carbons (Fsp3) is 0.176. The highest BCUT2D eigenvalue weighted by atomic mass is 79.9. The first-order valence-electron chi connectivity index (χ1n) is 6.88. The van der Waals surface area contributed by atoms with Gasteiger partial charge in [-0.25, -0.2) is 0 Å². The van der Waals surface area contributed by atoms with Gasteiger partial charge in [-0.15, -0.1) is 0 Å². The summed E-state index contributed by atoms with van der Waals surface area (Å²) in [5.74, 6) is -0.540. The molecule has 2 aromatic rings. The lowest BCUT2D eigenvalue weighted by molar-refractivity contribution is -0.115. The summed E-state index contributed by atoms with van der Waals surface area (Å²) in [4.78, 5) is 24.0. The topological polar surface area (TPSA) is 58.2 Å². The summed E-state index contributed by atoms with van der Waals surface area (Å²) in [7, 11) is 0. The molecular formula is C17H17BrN2O2. The van der Waals surface area contributed by atoms with E-state index in [0.29, 0.717) is 10.0 Å². The fourth-order valence-corrected chi connectivity index (χ4v) is 2.56. The lowest BCUT2D eigenvalue weighted by Crippen LogP contribution is -2.33. The first-order valence-corrected chi connectivity index (χ1v) is 7.67. The van der Waals surface area contributed by atoms with Crippen molar-refractivity contribution in [2.45, 2.75) is 13.8 Å². The molecule has 0 aliphatic rings. The Kier molecular flexibility index (Phi) is 5.33. The molecule has 0 unspecified atom stereocenters. The molecule has 4 nitrogen and oxygen atoms in total. The molecule has 0 aliphatic heterocycles. The lowest BCUT2D eigenvalue weighted by atomic mass is 10.1. The van der Waals surface area contributed by atoms with Gasteiger partial charge < -0.3 is 10.6 Å². The summed E-state index contributed by atoms with van der Waals surface area (Å²) < 4.78 is 0.697. The Morgan fingerprint density at radius 1 is 1.00 bits per heavy atom. The van der Waals surface area contributed by atoms with Gasteiger partial charge in [0.15, 0.2) is 0 Å². The summed E-state index contributed by atoms with van der Waals surface area (Å²) in [6.07, 6.45) is 0. The first-order chi connectivity index (χ1) is 10.5. The molecule has 2 aromatic carbocycles. The SMILES string of the molecule is Cc1cccc(C)c1NC(=O)CNC(=O)c1ccccc1Br. The van der Waals surface area contributed by atoms with E-state index in [1.165, 1.54) is 0 Å². The Morgan fingerprint density at radius 2 is 1.64 bits per heavy atom. The van der Waals surface area contributed by atoms with E-state index in [4.69, 9.17) is 0 Å². The zero-order chi connectivity index (χ0) is 16.1. The molecule has 2 N–H and O–H groups in total. The van der Waals surface area contributed by atoms with E-state index in [0.717, 1.165) is 16.8 Å². The molecule has 5 heteroatoms. The van der Waals surface area contributed by atoms with Gasteiger partial charge >= 0.3 is 0 Å². The number of amides is 2. The van der Waals surface area contributed by atoms with Gasteiger partial charge in [0, 0.05) is 10.2 Å². The predicted molar refractivity (Wildman–Crippen MR) is 91.0 cm³/mol. The minimum absolute atomic E-state index is 0.0755. The van der Waals surface area contributed by atoms with Crippen molar-refractivity contribution in [3.8, 4) is 0 Å². The molecule has 0 spiro atoms. The van der Waals surface area contributed by atoms with Gasteiger partial charge in [0.1, 0.15) is 0 Å². The minimum atomic E-state index is -0.288. The van der Waals surface area contributed by atoms with Crippen LogP contribution in [-0.2, 0) is 4.79 Å².